The highest BCUT2D eigenvalue weighted by molar-refractivity contribution is 5.94. The Morgan fingerprint density at radius 1 is 1.00 bits per heavy atom. The molecule has 174 valence electrons. The van der Waals surface area contributed by atoms with E-state index in [0.717, 1.165) is 69.7 Å². The summed E-state index contributed by atoms with van der Waals surface area (Å²) in [6.07, 6.45) is 7.89. The summed E-state index contributed by atoms with van der Waals surface area (Å²) in [6.45, 7) is 6.59. The highest BCUT2D eigenvalue weighted by atomic mass is 16.2. The number of hydrogen-bond acceptors (Lipinski definition) is 5. The van der Waals surface area contributed by atoms with Crippen LogP contribution < -0.4 is 4.90 Å². The predicted octanol–water partition coefficient (Wildman–Crippen LogP) is 2.82. The van der Waals surface area contributed by atoms with Gasteiger partial charge in [-0.15, -0.1) is 0 Å². The molecule has 2 aliphatic heterocycles. The molecule has 1 amide bonds. The van der Waals surface area contributed by atoms with Gasteiger partial charge in [0.2, 0.25) is 0 Å². The van der Waals surface area contributed by atoms with E-state index in [0.29, 0.717) is 6.04 Å². The van der Waals surface area contributed by atoms with E-state index in [1.54, 1.807) is 0 Å². The molecular weight excluding hydrogens is 412 g/mol. The topological polar surface area (TPSA) is 47.3 Å². The summed E-state index contributed by atoms with van der Waals surface area (Å²) in [7, 11) is 4.25. The van der Waals surface area contributed by atoms with Crippen LogP contribution in [0.2, 0.25) is 0 Å². The molecule has 0 bridgehead atoms. The monoisotopic (exact) mass is 446 g/mol. The molecule has 0 saturated carbocycles. The van der Waals surface area contributed by atoms with Crippen molar-refractivity contribution in [3.8, 4) is 0 Å². The number of piperazine rings is 1. The van der Waals surface area contributed by atoms with Gasteiger partial charge in [-0.2, -0.15) is 0 Å². The lowest BCUT2D eigenvalue weighted by atomic mass is 10.0. The minimum Gasteiger partial charge on any atom is -0.355 e. The second kappa shape index (κ2) is 9.53. The van der Waals surface area contributed by atoms with Gasteiger partial charge in [-0.1, -0.05) is 6.07 Å². The number of amides is 1. The number of aromatic nitrogens is 2. The largest absolute Gasteiger partial charge is 0.355 e. The lowest BCUT2D eigenvalue weighted by Crippen LogP contribution is -2.46. The fourth-order valence-electron chi connectivity index (χ4n) is 5.12. The van der Waals surface area contributed by atoms with Gasteiger partial charge in [-0.3, -0.25) is 14.7 Å². The number of fused-ring (bicyclic) bond motifs is 1. The SMILES string of the molecule is CN(C)C1CCN(C(=O)c2ccc3ccc(N4CCN(Cc5cccnc5)CC4)n3c2)CC1. The van der Waals surface area contributed by atoms with Crippen molar-refractivity contribution in [3.05, 3.63) is 66.1 Å². The minimum atomic E-state index is 0.148. The fourth-order valence-corrected chi connectivity index (χ4v) is 5.12. The molecule has 7 nitrogen and oxygen atoms in total. The molecule has 5 heterocycles. The molecule has 5 rings (SSSR count). The zero-order valence-electron chi connectivity index (χ0n) is 19.7. The molecule has 7 heteroatoms. The van der Waals surface area contributed by atoms with Gasteiger partial charge < -0.3 is 19.1 Å². The third-order valence-corrected chi connectivity index (χ3v) is 7.18. The maximum absolute atomic E-state index is 13.2. The van der Waals surface area contributed by atoms with Crippen LogP contribution >= 0.6 is 0 Å². The van der Waals surface area contributed by atoms with Gasteiger partial charge in [0, 0.05) is 76.0 Å². The number of nitrogens with zero attached hydrogens (tertiary/aromatic N) is 6. The van der Waals surface area contributed by atoms with E-state index in [1.807, 2.05) is 35.6 Å². The molecule has 0 aromatic carbocycles. The zero-order chi connectivity index (χ0) is 22.8. The van der Waals surface area contributed by atoms with Crippen LogP contribution in [0.1, 0.15) is 28.8 Å². The van der Waals surface area contributed by atoms with Gasteiger partial charge in [0.15, 0.2) is 0 Å². The number of carbonyl (C=O) groups is 1. The Kier molecular flexibility index (Phi) is 6.33. The standard InChI is InChI=1S/C26H34N6O/c1-28(2)23-9-12-31(13-10-23)26(33)22-5-6-24-7-8-25(32(24)20-22)30-16-14-29(15-17-30)19-21-4-3-11-27-18-21/h3-8,11,18,20,23H,9-10,12-17,19H2,1-2H3. The molecule has 0 unspecified atom stereocenters. The fraction of sp³-hybridized carbons (Fsp3) is 0.462. The normalized spacial score (nSPS) is 18.4. The van der Waals surface area contributed by atoms with Gasteiger partial charge in [-0.25, -0.2) is 0 Å². The molecule has 0 atom stereocenters. The molecule has 0 N–H and O–H groups in total. The van der Waals surface area contributed by atoms with E-state index >= 15 is 0 Å². The average molecular weight is 447 g/mol. The smallest absolute Gasteiger partial charge is 0.255 e. The number of rotatable bonds is 5. The first-order chi connectivity index (χ1) is 16.1. The van der Waals surface area contributed by atoms with E-state index in [1.165, 1.54) is 11.4 Å². The summed E-state index contributed by atoms with van der Waals surface area (Å²) in [4.78, 5) is 26.7. The van der Waals surface area contributed by atoms with Crippen LogP contribution in [-0.4, -0.2) is 89.4 Å². The van der Waals surface area contributed by atoms with Crippen LogP contribution in [0.15, 0.2) is 55.0 Å². The van der Waals surface area contributed by atoms with Gasteiger partial charge in [-0.05, 0) is 62.8 Å². The molecule has 3 aromatic rings. The quantitative estimate of drug-likeness (QED) is 0.603. The van der Waals surface area contributed by atoms with Crippen molar-refractivity contribution >= 4 is 17.2 Å². The Bertz CT molecular complexity index is 1080. The molecule has 33 heavy (non-hydrogen) atoms. The van der Waals surface area contributed by atoms with Crippen LogP contribution in [0.5, 0.6) is 0 Å². The second-order valence-corrected chi connectivity index (χ2v) is 9.52. The van der Waals surface area contributed by atoms with Crippen molar-refractivity contribution in [1.29, 1.82) is 0 Å². The first-order valence-corrected chi connectivity index (χ1v) is 12.0. The average Bonchev–Trinajstić information content (AvgIpc) is 3.28. The Morgan fingerprint density at radius 2 is 1.76 bits per heavy atom. The number of anilines is 1. The molecule has 3 aromatic heterocycles. The highest BCUT2D eigenvalue weighted by Crippen LogP contribution is 2.24. The zero-order valence-corrected chi connectivity index (χ0v) is 19.7. The van der Waals surface area contributed by atoms with Crippen molar-refractivity contribution < 1.29 is 4.79 Å². The molecule has 0 radical (unpaired) electrons. The van der Waals surface area contributed by atoms with Gasteiger partial charge in [0.1, 0.15) is 5.82 Å². The van der Waals surface area contributed by atoms with Crippen LogP contribution in [0.3, 0.4) is 0 Å². The van der Waals surface area contributed by atoms with Crippen molar-refractivity contribution in [2.75, 3.05) is 58.3 Å². The van der Waals surface area contributed by atoms with Gasteiger partial charge in [0.25, 0.3) is 5.91 Å². The molecule has 0 aliphatic carbocycles. The molecule has 2 saturated heterocycles. The number of carbonyl (C=O) groups excluding carboxylic acids is 1. The van der Waals surface area contributed by atoms with Gasteiger partial charge in [0.05, 0.1) is 5.56 Å². The third-order valence-electron chi connectivity index (χ3n) is 7.18. The van der Waals surface area contributed by atoms with Crippen molar-refractivity contribution in [2.24, 2.45) is 0 Å². The molecule has 2 fully saturated rings. The second-order valence-electron chi connectivity index (χ2n) is 9.52. The Morgan fingerprint density at radius 3 is 2.45 bits per heavy atom. The van der Waals surface area contributed by atoms with Crippen LogP contribution in [-0.2, 0) is 6.54 Å². The predicted molar refractivity (Wildman–Crippen MR) is 132 cm³/mol. The molecule has 2 aliphatic rings. The van der Waals surface area contributed by atoms with Crippen molar-refractivity contribution in [1.82, 2.24) is 24.1 Å². The van der Waals surface area contributed by atoms with E-state index < -0.39 is 0 Å². The van der Waals surface area contributed by atoms with Crippen molar-refractivity contribution in [3.63, 3.8) is 0 Å². The first kappa shape index (κ1) is 21.9. The van der Waals surface area contributed by atoms with E-state index in [-0.39, 0.29) is 5.91 Å². The summed E-state index contributed by atoms with van der Waals surface area (Å²) in [5, 5.41) is 0. The summed E-state index contributed by atoms with van der Waals surface area (Å²) in [5.41, 5.74) is 3.17. The van der Waals surface area contributed by atoms with E-state index in [2.05, 4.69) is 62.4 Å². The van der Waals surface area contributed by atoms with E-state index in [4.69, 9.17) is 0 Å². The molecule has 0 spiro atoms. The Labute approximate surface area is 196 Å². The Hall–Kier alpha value is -2.90. The molecular formula is C26H34N6O. The number of pyridine rings is 2. The van der Waals surface area contributed by atoms with Gasteiger partial charge >= 0.3 is 0 Å². The highest BCUT2D eigenvalue weighted by Gasteiger charge is 2.25. The Balaban J connectivity index is 1.26. The number of likely N-dealkylation sites (tertiary alicyclic amines) is 1. The minimum absolute atomic E-state index is 0.148. The third kappa shape index (κ3) is 4.75. The van der Waals surface area contributed by atoms with E-state index in [9.17, 15) is 4.79 Å². The van der Waals surface area contributed by atoms with Crippen LogP contribution in [0.4, 0.5) is 5.82 Å². The number of piperidine rings is 1. The first-order valence-electron chi connectivity index (χ1n) is 12.0. The van der Waals surface area contributed by atoms with Crippen LogP contribution in [0.25, 0.3) is 5.52 Å². The van der Waals surface area contributed by atoms with Crippen LogP contribution in [0, 0.1) is 0 Å². The maximum atomic E-state index is 13.2. The summed E-state index contributed by atoms with van der Waals surface area (Å²) in [6, 6.07) is 13.1. The maximum Gasteiger partial charge on any atom is 0.255 e. The lowest BCUT2D eigenvalue weighted by Gasteiger charge is -2.36. The lowest BCUT2D eigenvalue weighted by molar-refractivity contribution is 0.0663. The summed E-state index contributed by atoms with van der Waals surface area (Å²) >= 11 is 0. The summed E-state index contributed by atoms with van der Waals surface area (Å²) < 4.78 is 2.19. The summed E-state index contributed by atoms with van der Waals surface area (Å²) in [5.74, 6) is 1.32. The number of hydrogen-bond donors (Lipinski definition) is 0. The van der Waals surface area contributed by atoms with Crippen molar-refractivity contribution in [2.45, 2.75) is 25.4 Å².